The van der Waals surface area contributed by atoms with Gasteiger partial charge in [0.1, 0.15) is 11.8 Å². The second-order valence-corrected chi connectivity index (χ2v) is 4.70. The van der Waals surface area contributed by atoms with Crippen molar-refractivity contribution in [2.24, 2.45) is 11.1 Å². The highest BCUT2D eigenvalue weighted by Crippen LogP contribution is 2.36. The van der Waals surface area contributed by atoms with E-state index in [1.807, 2.05) is 26.8 Å². The minimum absolute atomic E-state index is 0.00225. The van der Waals surface area contributed by atoms with Gasteiger partial charge in [0.25, 0.3) is 0 Å². The second-order valence-electron chi connectivity index (χ2n) is 4.70. The van der Waals surface area contributed by atoms with Gasteiger partial charge in [0.2, 0.25) is 0 Å². The molecule has 0 saturated heterocycles. The van der Waals surface area contributed by atoms with Gasteiger partial charge in [0.05, 0.1) is 5.56 Å². The Bertz CT molecular complexity index is 399. The van der Waals surface area contributed by atoms with Crippen LogP contribution in [0, 0.1) is 16.7 Å². The third-order valence-corrected chi connectivity index (χ3v) is 2.46. The zero-order valence-corrected chi connectivity index (χ0v) is 9.28. The van der Waals surface area contributed by atoms with Crippen molar-refractivity contribution in [3.63, 3.8) is 0 Å². The number of phenols is 1. The first-order valence-electron chi connectivity index (χ1n) is 4.85. The van der Waals surface area contributed by atoms with Crippen LogP contribution < -0.4 is 5.73 Å². The molecule has 1 rings (SSSR count). The SMILES string of the molecule is CC(C)(C)[C@@H](N)c1cccc(C#N)c1O. The van der Waals surface area contributed by atoms with Gasteiger partial charge in [-0.1, -0.05) is 32.9 Å². The summed E-state index contributed by atoms with van der Waals surface area (Å²) in [5.74, 6) is 0.00225. The van der Waals surface area contributed by atoms with Crippen molar-refractivity contribution < 1.29 is 5.11 Å². The van der Waals surface area contributed by atoms with E-state index < -0.39 is 0 Å². The van der Waals surface area contributed by atoms with Gasteiger partial charge in [-0.2, -0.15) is 5.26 Å². The predicted molar refractivity (Wildman–Crippen MR) is 59.2 cm³/mol. The average Bonchev–Trinajstić information content (AvgIpc) is 2.16. The van der Waals surface area contributed by atoms with E-state index in [4.69, 9.17) is 11.0 Å². The van der Waals surface area contributed by atoms with Crippen molar-refractivity contribution in [1.29, 1.82) is 5.26 Å². The molecule has 15 heavy (non-hydrogen) atoms. The molecule has 0 fully saturated rings. The Kier molecular flexibility index (Phi) is 3.01. The quantitative estimate of drug-likeness (QED) is 0.737. The molecule has 0 bridgehead atoms. The molecule has 0 heterocycles. The van der Waals surface area contributed by atoms with Crippen molar-refractivity contribution in [3.05, 3.63) is 29.3 Å². The fourth-order valence-corrected chi connectivity index (χ4v) is 1.37. The minimum Gasteiger partial charge on any atom is -0.506 e. The van der Waals surface area contributed by atoms with Crippen molar-refractivity contribution in [3.8, 4) is 11.8 Å². The van der Waals surface area contributed by atoms with Gasteiger partial charge >= 0.3 is 0 Å². The van der Waals surface area contributed by atoms with Crippen molar-refractivity contribution in [2.45, 2.75) is 26.8 Å². The zero-order valence-electron chi connectivity index (χ0n) is 9.28. The number of aromatic hydroxyl groups is 1. The summed E-state index contributed by atoms with van der Waals surface area (Å²) < 4.78 is 0. The first kappa shape index (κ1) is 11.5. The number of nitriles is 1. The first-order chi connectivity index (χ1) is 6.88. The largest absolute Gasteiger partial charge is 0.506 e. The van der Waals surface area contributed by atoms with Crippen LogP contribution in [0.15, 0.2) is 18.2 Å². The first-order valence-corrected chi connectivity index (χ1v) is 4.85. The number of nitrogens with two attached hydrogens (primary N) is 1. The highest BCUT2D eigenvalue weighted by atomic mass is 16.3. The van der Waals surface area contributed by atoms with E-state index >= 15 is 0 Å². The third-order valence-electron chi connectivity index (χ3n) is 2.46. The summed E-state index contributed by atoms with van der Waals surface area (Å²) in [6.45, 7) is 5.99. The molecule has 3 nitrogen and oxygen atoms in total. The van der Waals surface area contributed by atoms with E-state index in [1.165, 1.54) is 0 Å². The lowest BCUT2D eigenvalue weighted by Crippen LogP contribution is -2.26. The minimum atomic E-state index is -0.286. The monoisotopic (exact) mass is 204 g/mol. The number of nitrogens with zero attached hydrogens (tertiary/aromatic N) is 1. The molecule has 3 N–H and O–H groups in total. The maximum atomic E-state index is 9.82. The van der Waals surface area contributed by atoms with Crippen LogP contribution in [-0.4, -0.2) is 5.11 Å². The fraction of sp³-hybridized carbons (Fsp3) is 0.417. The second kappa shape index (κ2) is 3.92. The van der Waals surface area contributed by atoms with E-state index in [-0.39, 0.29) is 22.8 Å². The van der Waals surface area contributed by atoms with Crippen LogP contribution in [0.25, 0.3) is 0 Å². The van der Waals surface area contributed by atoms with Gasteiger partial charge in [0, 0.05) is 11.6 Å². The van der Waals surface area contributed by atoms with Crippen LogP contribution >= 0.6 is 0 Å². The number of hydrogen-bond donors (Lipinski definition) is 2. The lowest BCUT2D eigenvalue weighted by Gasteiger charge is -2.28. The van der Waals surface area contributed by atoms with Crippen LogP contribution in [-0.2, 0) is 0 Å². The summed E-state index contributed by atoms with van der Waals surface area (Å²) in [5.41, 5.74) is 6.78. The Morgan fingerprint density at radius 2 is 2.00 bits per heavy atom. The number of para-hydroxylation sites is 1. The molecular weight excluding hydrogens is 188 g/mol. The molecule has 1 atom stereocenters. The molecule has 0 aliphatic heterocycles. The summed E-state index contributed by atoms with van der Waals surface area (Å²) >= 11 is 0. The van der Waals surface area contributed by atoms with Crippen molar-refractivity contribution in [2.75, 3.05) is 0 Å². The summed E-state index contributed by atoms with van der Waals surface area (Å²) in [6.07, 6.45) is 0. The summed E-state index contributed by atoms with van der Waals surface area (Å²) in [4.78, 5) is 0. The standard InChI is InChI=1S/C12H16N2O/c1-12(2,3)11(14)9-6-4-5-8(7-13)10(9)15/h4-6,11,15H,14H2,1-3H3/t11-/m0/s1. The molecule has 0 aliphatic rings. The van der Waals surface area contributed by atoms with Gasteiger partial charge in [-0.15, -0.1) is 0 Å². The Morgan fingerprint density at radius 1 is 1.40 bits per heavy atom. The number of hydrogen-bond acceptors (Lipinski definition) is 3. The van der Waals surface area contributed by atoms with Gasteiger partial charge < -0.3 is 10.8 Å². The molecule has 1 aromatic rings. The molecular formula is C12H16N2O. The molecule has 0 aromatic heterocycles. The number of rotatable bonds is 1. The molecule has 0 amide bonds. The summed E-state index contributed by atoms with van der Waals surface area (Å²) in [7, 11) is 0. The van der Waals surface area contributed by atoms with Crippen LogP contribution in [0.2, 0.25) is 0 Å². The van der Waals surface area contributed by atoms with E-state index in [2.05, 4.69) is 0 Å². The van der Waals surface area contributed by atoms with Crippen LogP contribution in [0.1, 0.15) is 37.9 Å². The Morgan fingerprint density at radius 3 is 2.47 bits per heavy atom. The Hall–Kier alpha value is -1.53. The Balaban J connectivity index is 3.23. The number of phenolic OH excluding ortho intramolecular Hbond substituents is 1. The van der Waals surface area contributed by atoms with E-state index in [0.717, 1.165) is 0 Å². The van der Waals surface area contributed by atoms with Crippen LogP contribution in [0.3, 0.4) is 0 Å². The molecule has 0 saturated carbocycles. The topological polar surface area (TPSA) is 70.0 Å². The van der Waals surface area contributed by atoms with Gasteiger partial charge in [-0.25, -0.2) is 0 Å². The normalized spacial score (nSPS) is 13.3. The maximum Gasteiger partial charge on any atom is 0.138 e. The molecule has 3 heteroatoms. The fourth-order valence-electron chi connectivity index (χ4n) is 1.37. The van der Waals surface area contributed by atoms with Crippen LogP contribution in [0.4, 0.5) is 0 Å². The van der Waals surface area contributed by atoms with Gasteiger partial charge in [0.15, 0.2) is 0 Å². The molecule has 0 spiro atoms. The van der Waals surface area contributed by atoms with Crippen LogP contribution in [0.5, 0.6) is 5.75 Å². The molecule has 0 radical (unpaired) electrons. The summed E-state index contributed by atoms with van der Waals surface area (Å²) in [5, 5.41) is 18.6. The van der Waals surface area contributed by atoms with E-state index in [9.17, 15) is 5.11 Å². The number of benzene rings is 1. The molecule has 80 valence electrons. The smallest absolute Gasteiger partial charge is 0.138 e. The zero-order chi connectivity index (χ0) is 11.6. The van der Waals surface area contributed by atoms with Crippen molar-refractivity contribution >= 4 is 0 Å². The Labute approximate surface area is 90.1 Å². The molecule has 0 unspecified atom stereocenters. The maximum absolute atomic E-state index is 9.82. The van der Waals surface area contributed by atoms with E-state index in [0.29, 0.717) is 5.56 Å². The van der Waals surface area contributed by atoms with Crippen molar-refractivity contribution in [1.82, 2.24) is 0 Å². The van der Waals surface area contributed by atoms with E-state index in [1.54, 1.807) is 18.2 Å². The molecule has 0 aliphatic carbocycles. The summed E-state index contributed by atoms with van der Waals surface area (Å²) in [6, 6.07) is 6.72. The van der Waals surface area contributed by atoms with Gasteiger partial charge in [-0.05, 0) is 11.5 Å². The average molecular weight is 204 g/mol. The lowest BCUT2D eigenvalue weighted by molar-refractivity contribution is 0.317. The highest BCUT2D eigenvalue weighted by molar-refractivity contribution is 5.48. The highest BCUT2D eigenvalue weighted by Gasteiger charge is 2.25. The third kappa shape index (κ3) is 2.28. The molecule has 1 aromatic carbocycles. The lowest BCUT2D eigenvalue weighted by atomic mass is 9.82. The predicted octanol–water partition coefficient (Wildman–Crippen LogP) is 2.31. The van der Waals surface area contributed by atoms with Gasteiger partial charge in [-0.3, -0.25) is 0 Å².